The summed E-state index contributed by atoms with van der Waals surface area (Å²) < 4.78 is 0. The zero-order chi connectivity index (χ0) is 33.5. The lowest BCUT2D eigenvalue weighted by atomic mass is 9.58. The van der Waals surface area contributed by atoms with Crippen molar-refractivity contribution in [1.82, 2.24) is 0 Å². The van der Waals surface area contributed by atoms with E-state index in [4.69, 9.17) is 0 Å². The van der Waals surface area contributed by atoms with Crippen molar-refractivity contribution in [2.24, 2.45) is 10.8 Å². The highest BCUT2D eigenvalue weighted by atomic mass is 16.4. The van der Waals surface area contributed by atoms with Crippen molar-refractivity contribution in [3.8, 4) is 0 Å². The number of rotatable bonds is 10. The zero-order valence-electron chi connectivity index (χ0n) is 29.1. The summed E-state index contributed by atoms with van der Waals surface area (Å²) in [6.07, 6.45) is 32.3. The van der Waals surface area contributed by atoms with Gasteiger partial charge in [-0.3, -0.25) is 0 Å². The molecule has 0 spiro atoms. The molecule has 2 fully saturated rings. The molecule has 0 unspecified atom stereocenters. The van der Waals surface area contributed by atoms with Gasteiger partial charge < -0.3 is 20.4 Å². The van der Waals surface area contributed by atoms with Crippen molar-refractivity contribution in [2.75, 3.05) is 0 Å². The molecule has 4 atom stereocenters. The summed E-state index contributed by atoms with van der Waals surface area (Å²) in [5, 5.41) is 44.6. The van der Waals surface area contributed by atoms with Crippen LogP contribution in [0.25, 0.3) is 0 Å². The first-order valence-corrected chi connectivity index (χ1v) is 16.2. The van der Waals surface area contributed by atoms with E-state index in [0.717, 1.165) is 48.0 Å². The van der Waals surface area contributed by atoms with E-state index in [-0.39, 0.29) is 0 Å². The quantitative estimate of drug-likeness (QED) is 0.188. The van der Waals surface area contributed by atoms with Gasteiger partial charge in [0.15, 0.2) is 0 Å². The van der Waals surface area contributed by atoms with Crippen LogP contribution in [0.2, 0.25) is 0 Å². The third-order valence-electron chi connectivity index (χ3n) is 10.1. The van der Waals surface area contributed by atoms with Gasteiger partial charge in [0.2, 0.25) is 0 Å². The molecule has 2 aliphatic carbocycles. The lowest BCUT2D eigenvalue weighted by Crippen LogP contribution is -2.62. The Bertz CT molecular complexity index is 1140. The van der Waals surface area contributed by atoms with E-state index in [1.165, 1.54) is 0 Å². The van der Waals surface area contributed by atoms with Crippen molar-refractivity contribution < 1.29 is 20.4 Å². The predicted molar refractivity (Wildman–Crippen MR) is 187 cm³/mol. The fraction of sp³-hybridized carbons (Fsp3) is 0.550. The lowest BCUT2D eigenvalue weighted by Gasteiger charge is -2.53. The van der Waals surface area contributed by atoms with Gasteiger partial charge in [-0.2, -0.15) is 0 Å². The number of hydrogen-bond acceptors (Lipinski definition) is 4. The van der Waals surface area contributed by atoms with Crippen LogP contribution in [-0.4, -0.2) is 42.8 Å². The molecule has 2 aliphatic rings. The maximum absolute atomic E-state index is 11.4. The lowest BCUT2D eigenvalue weighted by molar-refractivity contribution is -0.194. The average molecular weight is 605 g/mol. The molecule has 0 aromatic rings. The van der Waals surface area contributed by atoms with Gasteiger partial charge >= 0.3 is 0 Å². The van der Waals surface area contributed by atoms with E-state index in [1.807, 2.05) is 116 Å². The van der Waals surface area contributed by atoms with E-state index in [0.29, 0.717) is 12.8 Å². The molecule has 44 heavy (non-hydrogen) atoms. The van der Waals surface area contributed by atoms with E-state index >= 15 is 0 Å². The molecule has 0 heterocycles. The first kappa shape index (κ1) is 37.7. The highest BCUT2D eigenvalue weighted by molar-refractivity contribution is 5.33. The first-order valence-electron chi connectivity index (χ1n) is 16.2. The molecule has 0 aromatic heterocycles. The van der Waals surface area contributed by atoms with Crippen molar-refractivity contribution in [2.45, 2.75) is 130 Å². The van der Waals surface area contributed by atoms with Crippen LogP contribution in [0.15, 0.2) is 107 Å². The van der Waals surface area contributed by atoms with Crippen LogP contribution in [-0.2, 0) is 0 Å². The summed E-state index contributed by atoms with van der Waals surface area (Å²) in [5.74, 6) is 0. The second-order valence-electron chi connectivity index (χ2n) is 15.0. The van der Waals surface area contributed by atoms with Gasteiger partial charge in [-0.1, -0.05) is 123 Å². The van der Waals surface area contributed by atoms with Crippen LogP contribution < -0.4 is 0 Å². The second-order valence-corrected chi connectivity index (χ2v) is 15.0. The Morgan fingerprint density at radius 1 is 0.432 bits per heavy atom. The Morgan fingerprint density at radius 3 is 1.05 bits per heavy atom. The average Bonchev–Trinajstić information content (AvgIpc) is 2.90. The Hall–Kier alpha value is -2.50. The molecule has 0 saturated heterocycles. The van der Waals surface area contributed by atoms with E-state index in [2.05, 4.69) is 12.2 Å². The Morgan fingerprint density at radius 2 is 0.727 bits per heavy atom. The third kappa shape index (κ3) is 9.03. The molecule has 2 rings (SSSR count). The van der Waals surface area contributed by atoms with Crippen LogP contribution in [0, 0.1) is 10.8 Å². The van der Waals surface area contributed by atoms with Gasteiger partial charge in [0.05, 0.1) is 11.2 Å². The molecule has 4 nitrogen and oxygen atoms in total. The smallest absolute Gasteiger partial charge is 0.116 e. The van der Waals surface area contributed by atoms with E-state index < -0.39 is 33.2 Å². The fourth-order valence-corrected chi connectivity index (χ4v) is 6.62. The molecule has 0 aromatic carbocycles. The Kier molecular flexibility index (Phi) is 12.6. The molecule has 0 radical (unpaired) electrons. The summed E-state index contributed by atoms with van der Waals surface area (Å²) in [4.78, 5) is 0. The van der Waals surface area contributed by atoms with E-state index in [9.17, 15) is 20.4 Å². The highest BCUT2D eigenvalue weighted by Crippen LogP contribution is 2.51. The molecule has 244 valence electrons. The topological polar surface area (TPSA) is 80.9 Å². The van der Waals surface area contributed by atoms with Gasteiger partial charge in [-0.05, 0) is 103 Å². The molecule has 4 heteroatoms. The summed E-state index contributed by atoms with van der Waals surface area (Å²) in [5.41, 5.74) is -1.43. The van der Waals surface area contributed by atoms with Gasteiger partial charge in [-0.25, -0.2) is 0 Å². The van der Waals surface area contributed by atoms with Crippen LogP contribution in [0.4, 0.5) is 0 Å². The van der Waals surface area contributed by atoms with Crippen LogP contribution >= 0.6 is 0 Å². The SMILES string of the molecule is CC(/C=C/C=C(C)/C=C/[C@]1(O)C(C)(C)CCC[C@@]1(C)O)=C\C=C\C=C(C)\C=C\C=C(C)\C=C\[C@]1(O)C(C)(C)CCC[C@@]1(C)O. The van der Waals surface area contributed by atoms with Crippen LogP contribution in [0.1, 0.15) is 108 Å². The van der Waals surface area contributed by atoms with Gasteiger partial charge in [-0.15, -0.1) is 0 Å². The van der Waals surface area contributed by atoms with Gasteiger partial charge in [0.25, 0.3) is 0 Å². The standard InChI is InChI=1S/C40H60O4/c1-31(19-13-21-33(3)23-29-39(43)35(5,6)25-15-27-37(39,9)41)17-11-12-18-32(2)20-14-22-34(4)24-30-40(44)36(7,8)26-16-28-38(40,10)42/h11-14,17-24,29-30,41-44H,15-16,25-28H2,1-10H3/b12-11+,19-13+,20-14+,29-23+,30-24+,31-17+,32-18+,33-21+,34-22+/t37-,38-,39+,40+/m1/s1. The molecule has 4 N–H and O–H groups in total. The molecule has 0 amide bonds. The second kappa shape index (κ2) is 14.7. The Balaban J connectivity index is 1.96. The summed E-state index contributed by atoms with van der Waals surface area (Å²) in [7, 11) is 0. The molecular formula is C40H60O4. The highest BCUT2D eigenvalue weighted by Gasteiger charge is 2.57. The summed E-state index contributed by atoms with van der Waals surface area (Å²) in [6, 6.07) is 0. The third-order valence-corrected chi connectivity index (χ3v) is 10.1. The van der Waals surface area contributed by atoms with Crippen molar-refractivity contribution in [3.63, 3.8) is 0 Å². The van der Waals surface area contributed by atoms with Gasteiger partial charge in [0, 0.05) is 0 Å². The minimum Gasteiger partial charge on any atom is -0.387 e. The molecular weight excluding hydrogens is 544 g/mol. The Labute approximate surface area is 268 Å². The molecule has 2 saturated carbocycles. The van der Waals surface area contributed by atoms with Crippen molar-refractivity contribution >= 4 is 0 Å². The molecule has 0 aliphatic heterocycles. The minimum absolute atomic E-state index is 0.400. The van der Waals surface area contributed by atoms with Crippen molar-refractivity contribution in [3.05, 3.63) is 107 Å². The van der Waals surface area contributed by atoms with Crippen LogP contribution in [0.5, 0.6) is 0 Å². The van der Waals surface area contributed by atoms with Crippen LogP contribution in [0.3, 0.4) is 0 Å². The molecule has 0 bridgehead atoms. The van der Waals surface area contributed by atoms with Crippen molar-refractivity contribution in [1.29, 1.82) is 0 Å². The number of hydrogen-bond donors (Lipinski definition) is 4. The maximum atomic E-state index is 11.4. The number of aliphatic hydroxyl groups is 4. The van der Waals surface area contributed by atoms with E-state index in [1.54, 1.807) is 26.0 Å². The largest absolute Gasteiger partial charge is 0.387 e. The normalized spacial score (nSPS) is 34.4. The minimum atomic E-state index is -1.27. The first-order chi connectivity index (χ1) is 20.2. The summed E-state index contributed by atoms with van der Waals surface area (Å²) in [6.45, 7) is 19.6. The monoisotopic (exact) mass is 604 g/mol. The van der Waals surface area contributed by atoms with Gasteiger partial charge in [0.1, 0.15) is 11.2 Å². The number of allylic oxidation sites excluding steroid dienone is 16. The zero-order valence-corrected chi connectivity index (χ0v) is 29.1. The fourth-order valence-electron chi connectivity index (χ4n) is 6.62. The summed E-state index contributed by atoms with van der Waals surface area (Å²) >= 11 is 0. The predicted octanol–water partition coefficient (Wildman–Crippen LogP) is 8.94. The maximum Gasteiger partial charge on any atom is 0.116 e.